The number of ether oxygens (including phenoxy) is 2. The highest BCUT2D eigenvalue weighted by atomic mass is 35.5. The zero-order valence-corrected chi connectivity index (χ0v) is 26.6. The van der Waals surface area contributed by atoms with E-state index in [2.05, 4.69) is 11.8 Å². The number of amides is 1. The molecule has 2 N–H and O–H groups in total. The number of hydrogen-bond acceptors (Lipinski definition) is 10. The van der Waals surface area contributed by atoms with E-state index >= 15 is 0 Å². The Morgan fingerprint density at radius 2 is 1.98 bits per heavy atom. The smallest absolute Gasteiger partial charge is 0.355 e. The molecule has 6 rings (SSSR count). The molecule has 3 aliphatic rings. The molecule has 0 unspecified atom stereocenters. The minimum absolute atomic E-state index is 0. The van der Waals surface area contributed by atoms with Crippen molar-refractivity contribution in [2.45, 2.75) is 71.2 Å². The quantitative estimate of drug-likeness (QED) is 0.215. The molecule has 0 aliphatic carbocycles. The maximum atomic E-state index is 14.1. The molecule has 0 saturated heterocycles. The molecule has 2 atom stereocenters. The van der Waals surface area contributed by atoms with E-state index < -0.39 is 29.5 Å². The predicted molar refractivity (Wildman–Crippen MR) is 172 cm³/mol. The number of fused-ring (bicyclic) bond motifs is 5. The summed E-state index contributed by atoms with van der Waals surface area (Å²) in [5.41, 5.74) is 8.42. The van der Waals surface area contributed by atoms with Crippen LogP contribution in [0, 0.1) is 0 Å². The van der Waals surface area contributed by atoms with Crippen LogP contribution in [0.1, 0.15) is 63.1 Å². The Morgan fingerprint density at radius 3 is 2.69 bits per heavy atom. The summed E-state index contributed by atoms with van der Waals surface area (Å²) < 4.78 is 13.0. The average molecular weight is 637 g/mol. The third kappa shape index (κ3) is 4.96. The number of cyclic esters (lactones) is 1. The molecule has 0 radical (unpaired) electrons. The molecule has 3 aliphatic heterocycles. The van der Waals surface area contributed by atoms with Crippen molar-refractivity contribution in [2.24, 2.45) is 10.7 Å². The van der Waals surface area contributed by atoms with Gasteiger partial charge >= 0.3 is 11.9 Å². The Morgan fingerprint density at radius 1 is 1.20 bits per heavy atom. The van der Waals surface area contributed by atoms with E-state index in [1.165, 1.54) is 18.9 Å². The molecular weight excluding hydrogens is 600 g/mol. The number of esters is 2. The van der Waals surface area contributed by atoms with E-state index in [9.17, 15) is 19.2 Å². The van der Waals surface area contributed by atoms with E-state index in [1.807, 2.05) is 24.5 Å². The van der Waals surface area contributed by atoms with Crippen molar-refractivity contribution in [3.63, 3.8) is 0 Å². The van der Waals surface area contributed by atoms with E-state index in [0.717, 1.165) is 53.6 Å². The fourth-order valence-corrected chi connectivity index (χ4v) is 6.34. The van der Waals surface area contributed by atoms with E-state index in [0.29, 0.717) is 11.4 Å². The van der Waals surface area contributed by atoms with Gasteiger partial charge in [0.1, 0.15) is 12.6 Å². The summed E-state index contributed by atoms with van der Waals surface area (Å²) in [5.74, 6) is -2.04. The molecule has 0 saturated carbocycles. The van der Waals surface area contributed by atoms with Crippen molar-refractivity contribution < 1.29 is 23.9 Å². The average Bonchev–Trinajstić information content (AvgIpc) is 3.41. The highest BCUT2D eigenvalue weighted by Gasteiger charge is 2.51. The number of unbranched alkanes of at least 4 members (excludes halogenated alkanes) is 2. The van der Waals surface area contributed by atoms with Crippen LogP contribution in [-0.2, 0) is 42.6 Å². The normalized spacial score (nSPS) is 18.0. The Bertz CT molecular complexity index is 1810. The van der Waals surface area contributed by atoms with Crippen molar-refractivity contribution >= 4 is 58.9 Å². The molecule has 0 fully saturated rings. The van der Waals surface area contributed by atoms with Crippen molar-refractivity contribution in [3.8, 4) is 11.4 Å². The van der Waals surface area contributed by atoms with Crippen LogP contribution in [0.25, 0.3) is 22.3 Å². The zero-order valence-electron chi connectivity index (χ0n) is 25.8. The number of nitrogens with zero attached hydrogens (tertiary/aromatic N) is 5. The summed E-state index contributed by atoms with van der Waals surface area (Å²) in [5, 5.41) is 0.941. The van der Waals surface area contributed by atoms with E-state index in [-0.39, 0.29) is 55.2 Å². The summed E-state index contributed by atoms with van der Waals surface area (Å²) in [7, 11) is 1.44. The number of halogens is 1. The summed E-state index contributed by atoms with van der Waals surface area (Å²) >= 11 is 0. The van der Waals surface area contributed by atoms with Gasteiger partial charge in [-0.15, -0.1) is 12.4 Å². The van der Waals surface area contributed by atoms with Crippen molar-refractivity contribution in [1.82, 2.24) is 14.5 Å². The van der Waals surface area contributed by atoms with Gasteiger partial charge in [0.25, 0.3) is 5.56 Å². The molecule has 45 heavy (non-hydrogen) atoms. The summed E-state index contributed by atoms with van der Waals surface area (Å²) in [6, 6.07) is 6.51. The number of benzene rings is 1. The molecule has 3 aromatic rings. The van der Waals surface area contributed by atoms with Crippen LogP contribution in [-0.4, -0.2) is 64.8 Å². The number of hydrogen-bond donors (Lipinski definition) is 1. The first-order valence-corrected chi connectivity index (χ1v) is 15.1. The zero-order chi connectivity index (χ0) is 31.3. The monoisotopic (exact) mass is 636 g/mol. The van der Waals surface area contributed by atoms with Gasteiger partial charge in [0.2, 0.25) is 11.5 Å². The highest BCUT2D eigenvalue weighted by molar-refractivity contribution is 6.11. The standard InChI is InChI=1S/C32H36N6O6.ClH/c1-5-7-8-12-37-17-34-22-10-9-11-23-26(22)28(37)19-15-38-24(27(19)35-23)13-21-20(29(38)40)16-43-31(42)32(21,6-2)44-30(41)18(3)36(4)25(39)14-33;/h9-11,13,17-18H,5-8,12,14-16,33H2,1-4H3;1H/t18-,32-;/m0./s1. The lowest BCUT2D eigenvalue weighted by molar-refractivity contribution is -0.192. The summed E-state index contributed by atoms with van der Waals surface area (Å²) in [6.07, 6.45) is 5.02. The number of likely N-dealkylation sites (N-methyl/N-ethyl adjacent to an activating group) is 1. The first-order valence-electron chi connectivity index (χ1n) is 15.1. The number of rotatable bonds is 9. The first kappa shape index (κ1) is 32.1. The lowest BCUT2D eigenvalue weighted by Crippen LogP contribution is -2.51. The fourth-order valence-electron chi connectivity index (χ4n) is 6.34. The number of pyridine rings is 2. The van der Waals surface area contributed by atoms with Gasteiger partial charge < -0.3 is 29.6 Å². The number of aromatic nitrogens is 2. The Balaban J connectivity index is 0.00000400. The highest BCUT2D eigenvalue weighted by Crippen LogP contribution is 2.47. The van der Waals surface area contributed by atoms with Gasteiger partial charge in [0.15, 0.2) is 0 Å². The van der Waals surface area contributed by atoms with Crippen molar-refractivity contribution in [1.29, 1.82) is 0 Å². The first-order chi connectivity index (χ1) is 21.2. The Labute approximate surface area is 266 Å². The number of carbonyl (C=O) groups excluding carboxylic acids is 3. The van der Waals surface area contributed by atoms with Crippen LogP contribution in [0.4, 0.5) is 11.4 Å². The number of carbonyl (C=O) groups is 3. The van der Waals surface area contributed by atoms with Gasteiger partial charge in [-0.25, -0.2) is 19.6 Å². The molecule has 13 heteroatoms. The van der Waals surface area contributed by atoms with Crippen LogP contribution < -0.4 is 16.2 Å². The molecule has 5 heterocycles. The molecule has 1 amide bonds. The second kappa shape index (κ2) is 12.2. The maximum Gasteiger partial charge on any atom is 0.355 e. The van der Waals surface area contributed by atoms with Crippen LogP contribution in [0.5, 0.6) is 0 Å². The fraction of sp³-hybridized carbons (Fsp3) is 0.438. The Kier molecular flexibility index (Phi) is 8.74. The minimum atomic E-state index is -1.87. The predicted octanol–water partition coefficient (Wildman–Crippen LogP) is 3.53. The summed E-state index contributed by atoms with van der Waals surface area (Å²) in [6.45, 7) is 5.87. The van der Waals surface area contributed by atoms with Gasteiger partial charge in [0, 0.05) is 24.7 Å². The lowest BCUT2D eigenvalue weighted by Gasteiger charge is -2.37. The van der Waals surface area contributed by atoms with Gasteiger partial charge in [-0.1, -0.05) is 32.8 Å². The third-order valence-electron chi connectivity index (χ3n) is 9.02. The lowest BCUT2D eigenvalue weighted by atomic mass is 9.85. The maximum absolute atomic E-state index is 14.1. The molecule has 1 aromatic carbocycles. The minimum Gasteiger partial charge on any atom is -0.457 e. The van der Waals surface area contributed by atoms with Gasteiger partial charge in [0.05, 0.1) is 58.7 Å². The Hall–Kier alpha value is -4.29. The van der Waals surface area contributed by atoms with E-state index in [1.54, 1.807) is 17.6 Å². The van der Waals surface area contributed by atoms with Crippen molar-refractivity contribution in [2.75, 3.05) is 25.0 Å². The number of aliphatic imine (C=N–C) groups is 1. The molecule has 0 spiro atoms. The second-order valence-corrected chi connectivity index (χ2v) is 11.5. The van der Waals surface area contributed by atoms with Crippen LogP contribution in [0.3, 0.4) is 0 Å². The van der Waals surface area contributed by atoms with E-state index in [4.69, 9.17) is 25.2 Å². The molecule has 12 nitrogen and oxygen atoms in total. The number of anilines is 1. The molecule has 0 bridgehead atoms. The van der Waals surface area contributed by atoms with Crippen LogP contribution in [0.2, 0.25) is 0 Å². The topological polar surface area (TPSA) is 149 Å². The van der Waals surface area contributed by atoms with Gasteiger partial charge in [-0.2, -0.15) is 0 Å². The largest absolute Gasteiger partial charge is 0.457 e. The second-order valence-electron chi connectivity index (χ2n) is 11.5. The molecule has 238 valence electrons. The van der Waals surface area contributed by atoms with Gasteiger partial charge in [-0.05, 0) is 38.0 Å². The SMILES string of the molecule is CCCCCN1C=Nc2cccc3nc4c(c1c23)Cn1c-4cc2c(c1=O)COC(=O)[C@@]2(CC)OC(=O)[C@H](C)N(C)C(=O)CN.Cl. The van der Waals surface area contributed by atoms with Gasteiger partial charge in [-0.3, -0.25) is 9.59 Å². The summed E-state index contributed by atoms with van der Waals surface area (Å²) in [4.78, 5) is 66.1. The number of nitrogens with two attached hydrogens (primary N) is 1. The van der Waals surface area contributed by atoms with Crippen LogP contribution >= 0.6 is 12.4 Å². The van der Waals surface area contributed by atoms with Crippen molar-refractivity contribution in [3.05, 3.63) is 51.3 Å². The molecular formula is C32H37ClN6O6. The van der Waals surface area contributed by atoms with Crippen LogP contribution in [0.15, 0.2) is 34.1 Å². The third-order valence-corrected chi connectivity index (χ3v) is 9.02. The molecule has 2 aromatic heterocycles.